The van der Waals surface area contributed by atoms with E-state index in [1.807, 2.05) is 42.4 Å². The van der Waals surface area contributed by atoms with Gasteiger partial charge in [0.15, 0.2) is 11.5 Å². The van der Waals surface area contributed by atoms with E-state index in [4.69, 9.17) is 29.3 Å². The predicted octanol–water partition coefficient (Wildman–Crippen LogP) is 8.91. The topological polar surface area (TPSA) is 103 Å². The summed E-state index contributed by atoms with van der Waals surface area (Å²) in [5.41, 5.74) is 5.69. The maximum atomic E-state index is 6.48. The number of aromatic amines is 1. The molecule has 2 fully saturated rings. The molecule has 0 aromatic carbocycles. The maximum absolute atomic E-state index is 6.48. The Morgan fingerprint density at radius 2 is 1.62 bits per heavy atom. The minimum atomic E-state index is -1.27. The average molecular weight is 716 g/mol. The number of hydrogen-bond donors (Lipinski definition) is 1. The summed E-state index contributed by atoms with van der Waals surface area (Å²) in [6.07, 6.45) is 17.6. The SMILES string of the molecule is CCO/C=C\c1c(C2C[C@H]3CC[C@@H](C2)C3)nc2c(-c3ccc(-c4ncc[nH]4)nc3)cnn2c1N(COCC[Si](C)(C)C)COCC[Si](C)(C)C. The third kappa shape index (κ3) is 9.12. The van der Waals surface area contributed by atoms with Crippen LogP contribution in [0.25, 0.3) is 34.4 Å². The summed E-state index contributed by atoms with van der Waals surface area (Å²) < 4.78 is 20.8. The van der Waals surface area contributed by atoms with E-state index in [2.05, 4.69) is 66.3 Å². The van der Waals surface area contributed by atoms with Gasteiger partial charge in [0.25, 0.3) is 0 Å². The highest BCUT2D eigenvalue weighted by atomic mass is 28.3. The van der Waals surface area contributed by atoms with Crippen LogP contribution in [-0.4, -0.2) is 79.0 Å². The molecule has 2 aliphatic carbocycles. The molecule has 0 radical (unpaired) electrons. The minimum absolute atomic E-state index is 0.357. The van der Waals surface area contributed by atoms with E-state index in [1.165, 1.54) is 19.3 Å². The highest BCUT2D eigenvalue weighted by Gasteiger charge is 2.37. The van der Waals surface area contributed by atoms with Crippen molar-refractivity contribution in [2.75, 3.05) is 38.2 Å². The smallest absolute Gasteiger partial charge is 0.165 e. The zero-order valence-electron chi connectivity index (χ0n) is 31.2. The highest BCUT2D eigenvalue weighted by molar-refractivity contribution is 6.76. The van der Waals surface area contributed by atoms with E-state index >= 15 is 0 Å². The van der Waals surface area contributed by atoms with Crippen molar-refractivity contribution < 1.29 is 14.2 Å². The highest BCUT2D eigenvalue weighted by Crippen LogP contribution is 2.49. The van der Waals surface area contributed by atoms with Gasteiger partial charge in [-0.15, -0.1) is 0 Å². The summed E-state index contributed by atoms with van der Waals surface area (Å²) in [4.78, 5) is 20.1. The fraction of sp³-hybridized carbons (Fsp3) is 0.579. The molecule has 4 heterocycles. The van der Waals surface area contributed by atoms with Crippen LogP contribution in [0.5, 0.6) is 0 Å². The molecular formula is C38H57N7O3Si2. The van der Waals surface area contributed by atoms with Crippen LogP contribution in [0.3, 0.4) is 0 Å². The third-order valence-electron chi connectivity index (χ3n) is 10.1. The van der Waals surface area contributed by atoms with Gasteiger partial charge >= 0.3 is 0 Å². The number of pyridine rings is 1. The molecule has 10 nitrogen and oxygen atoms in total. The second-order valence-electron chi connectivity index (χ2n) is 16.6. The first kappa shape index (κ1) is 36.5. The monoisotopic (exact) mass is 715 g/mol. The molecule has 0 amide bonds. The Morgan fingerprint density at radius 3 is 2.20 bits per heavy atom. The van der Waals surface area contributed by atoms with Gasteiger partial charge in [-0.05, 0) is 62.3 Å². The Hall–Kier alpha value is -3.33. The Kier molecular flexibility index (Phi) is 11.6. The molecule has 0 spiro atoms. The molecule has 1 N–H and O–H groups in total. The molecule has 0 saturated heterocycles. The fourth-order valence-corrected chi connectivity index (χ4v) is 8.81. The van der Waals surface area contributed by atoms with Gasteiger partial charge in [-0.2, -0.15) is 9.61 Å². The lowest BCUT2D eigenvalue weighted by atomic mass is 9.78. The second-order valence-corrected chi connectivity index (χ2v) is 27.8. The van der Waals surface area contributed by atoms with Crippen LogP contribution in [0.1, 0.15) is 56.2 Å². The Labute approximate surface area is 300 Å². The molecule has 50 heavy (non-hydrogen) atoms. The van der Waals surface area contributed by atoms with Gasteiger partial charge < -0.3 is 24.1 Å². The minimum Gasteiger partial charge on any atom is -0.501 e. The van der Waals surface area contributed by atoms with Gasteiger partial charge in [-0.3, -0.25) is 4.98 Å². The van der Waals surface area contributed by atoms with Gasteiger partial charge in [0.2, 0.25) is 0 Å². The quantitative estimate of drug-likeness (QED) is 0.0501. The van der Waals surface area contributed by atoms with Crippen LogP contribution >= 0.6 is 0 Å². The van der Waals surface area contributed by atoms with Crippen molar-refractivity contribution in [3.63, 3.8) is 0 Å². The molecule has 3 atom stereocenters. The summed E-state index contributed by atoms with van der Waals surface area (Å²) in [6.45, 7) is 19.2. The van der Waals surface area contributed by atoms with Gasteiger partial charge in [0.1, 0.15) is 25.0 Å². The number of hydrogen-bond acceptors (Lipinski definition) is 8. The van der Waals surface area contributed by atoms with Crippen molar-refractivity contribution in [1.29, 1.82) is 0 Å². The lowest BCUT2D eigenvalue weighted by molar-refractivity contribution is 0.0942. The molecule has 1 unspecified atom stereocenters. The summed E-state index contributed by atoms with van der Waals surface area (Å²) in [5.74, 6) is 3.56. The zero-order valence-corrected chi connectivity index (χ0v) is 33.2. The van der Waals surface area contributed by atoms with Crippen molar-refractivity contribution in [2.24, 2.45) is 11.8 Å². The number of fused-ring (bicyclic) bond motifs is 3. The molecule has 2 saturated carbocycles. The molecule has 6 rings (SSSR count). The van der Waals surface area contributed by atoms with Crippen LogP contribution in [0.2, 0.25) is 51.4 Å². The lowest BCUT2D eigenvalue weighted by Gasteiger charge is -2.32. The second kappa shape index (κ2) is 15.9. The molecule has 4 aromatic rings. The normalized spacial score (nSPS) is 19.5. The molecule has 0 aliphatic heterocycles. The van der Waals surface area contributed by atoms with Gasteiger partial charge in [-0.1, -0.05) is 58.2 Å². The van der Waals surface area contributed by atoms with Gasteiger partial charge in [-0.25, -0.2) is 9.97 Å². The number of aromatic nitrogens is 6. The number of ether oxygens (including phenoxy) is 3. The van der Waals surface area contributed by atoms with Crippen LogP contribution in [-0.2, 0) is 14.2 Å². The van der Waals surface area contributed by atoms with E-state index < -0.39 is 16.1 Å². The molecule has 12 heteroatoms. The number of nitrogens with one attached hydrogen (secondary N) is 1. The van der Waals surface area contributed by atoms with Gasteiger partial charge in [0, 0.05) is 70.6 Å². The van der Waals surface area contributed by atoms with Crippen molar-refractivity contribution in [3.8, 4) is 22.6 Å². The van der Waals surface area contributed by atoms with E-state index in [-0.39, 0.29) is 0 Å². The summed E-state index contributed by atoms with van der Waals surface area (Å²) in [7, 11) is -2.54. The predicted molar refractivity (Wildman–Crippen MR) is 208 cm³/mol. The Bertz CT molecular complexity index is 1680. The molecule has 4 aromatic heterocycles. The Balaban J connectivity index is 1.47. The van der Waals surface area contributed by atoms with Crippen LogP contribution in [0.4, 0.5) is 5.82 Å². The molecule has 2 bridgehead atoms. The summed E-state index contributed by atoms with van der Waals surface area (Å²) in [6, 6.07) is 6.29. The third-order valence-corrected chi connectivity index (χ3v) is 13.5. The number of anilines is 1. The molecular weight excluding hydrogens is 659 g/mol. The van der Waals surface area contributed by atoms with Crippen LogP contribution in [0, 0.1) is 11.8 Å². The summed E-state index contributed by atoms with van der Waals surface area (Å²) >= 11 is 0. The van der Waals surface area contributed by atoms with Gasteiger partial charge in [0.05, 0.1) is 24.8 Å². The van der Waals surface area contributed by atoms with E-state index in [1.54, 1.807) is 6.20 Å². The largest absolute Gasteiger partial charge is 0.501 e. The standard InChI is InChI=1S/C38H57N7O3Si2/c1-8-46-16-13-32-35(31-22-28-9-10-29(21-28)23-31)43-37-33(30-11-12-34(41-24-30)36-39-14-15-40-36)25-42-45(37)38(32)44(26-47-17-19-49(2,3)4)27-48-18-20-50(5,6)7/h11-16,24-25,28-29,31H,8-10,17-23,26-27H2,1-7H3,(H,39,40)/b16-13-/t28-,29+,31?. The number of imidazole rings is 1. The first-order valence-corrected chi connectivity index (χ1v) is 26.0. The van der Waals surface area contributed by atoms with Crippen LogP contribution in [0.15, 0.2) is 43.2 Å². The van der Waals surface area contributed by atoms with Crippen LogP contribution < -0.4 is 4.90 Å². The van der Waals surface area contributed by atoms with Crippen molar-refractivity contribution >= 4 is 33.7 Å². The maximum Gasteiger partial charge on any atom is 0.165 e. The number of H-pyrrole nitrogens is 1. The lowest BCUT2D eigenvalue weighted by Crippen LogP contribution is -2.34. The van der Waals surface area contributed by atoms with Crippen molar-refractivity contribution in [3.05, 3.63) is 54.4 Å². The van der Waals surface area contributed by atoms with Crippen molar-refractivity contribution in [1.82, 2.24) is 29.5 Å². The van der Waals surface area contributed by atoms with E-state index in [9.17, 15) is 0 Å². The van der Waals surface area contributed by atoms with E-state index in [0.717, 1.165) is 95.3 Å². The zero-order chi connectivity index (χ0) is 35.3. The average Bonchev–Trinajstić information content (AvgIpc) is 3.83. The summed E-state index contributed by atoms with van der Waals surface area (Å²) in [5, 5.41) is 5.03. The number of nitrogens with zero attached hydrogens (tertiary/aromatic N) is 6. The molecule has 270 valence electrons. The first-order valence-electron chi connectivity index (χ1n) is 18.6. The molecule has 2 aliphatic rings. The first-order chi connectivity index (χ1) is 24.0. The van der Waals surface area contributed by atoms with Crippen molar-refractivity contribution in [2.45, 2.75) is 96.3 Å². The van der Waals surface area contributed by atoms with E-state index in [0.29, 0.717) is 26.0 Å². The Morgan fingerprint density at radius 1 is 0.920 bits per heavy atom. The number of rotatable bonds is 17. The fourth-order valence-electron chi connectivity index (χ4n) is 7.29.